The molecular weight excluding hydrogens is 841 g/mol. The van der Waals surface area contributed by atoms with E-state index in [0.29, 0.717) is 0 Å². The highest BCUT2D eigenvalue weighted by Gasteiger charge is 2.54. The Hall–Kier alpha value is -8.84. The average Bonchev–Trinajstić information content (AvgIpc) is 4.11. The third-order valence-corrected chi connectivity index (χ3v) is 17.2. The highest BCUT2D eigenvalue weighted by Crippen LogP contribution is 2.67. The van der Waals surface area contributed by atoms with Gasteiger partial charge in [-0.1, -0.05) is 218 Å². The zero-order valence-corrected chi connectivity index (χ0v) is 38.1. The van der Waals surface area contributed by atoms with Gasteiger partial charge in [0.2, 0.25) is 0 Å². The Kier molecular flexibility index (Phi) is 6.92. The molecule has 13 aromatic rings. The minimum absolute atomic E-state index is 0.500. The van der Waals surface area contributed by atoms with E-state index in [2.05, 4.69) is 243 Å². The fourth-order valence-corrected chi connectivity index (χ4v) is 14.7. The molecule has 0 nitrogen and oxygen atoms in total. The summed E-state index contributed by atoms with van der Waals surface area (Å²) in [6.07, 6.45) is 0. The summed E-state index contributed by atoms with van der Waals surface area (Å²) >= 11 is 0. The summed E-state index contributed by atoms with van der Waals surface area (Å²) < 4.78 is 0. The topological polar surface area (TPSA) is 0 Å². The molecule has 0 atom stereocenters. The second-order valence-corrected chi connectivity index (χ2v) is 20.1. The smallest absolute Gasteiger partial charge is 0.0622 e. The molecule has 320 valence electrons. The molecule has 0 unspecified atom stereocenters. The van der Waals surface area contributed by atoms with Crippen LogP contribution in [0.2, 0.25) is 0 Å². The van der Waals surface area contributed by atoms with E-state index in [9.17, 15) is 0 Å². The van der Waals surface area contributed by atoms with Crippen LogP contribution >= 0.6 is 0 Å². The van der Waals surface area contributed by atoms with Gasteiger partial charge in [-0.3, -0.25) is 0 Å². The van der Waals surface area contributed by atoms with Crippen molar-refractivity contribution in [3.05, 3.63) is 287 Å². The van der Waals surface area contributed by atoms with Crippen molar-refractivity contribution in [1.29, 1.82) is 0 Å². The molecule has 0 radical (unpaired) electrons. The van der Waals surface area contributed by atoms with E-state index < -0.39 is 10.8 Å². The molecule has 0 saturated carbocycles. The molecule has 2 spiro atoms. The lowest BCUT2D eigenvalue weighted by Crippen LogP contribution is -2.26. The molecule has 4 aliphatic carbocycles. The van der Waals surface area contributed by atoms with Gasteiger partial charge in [0, 0.05) is 0 Å². The van der Waals surface area contributed by atoms with Crippen molar-refractivity contribution < 1.29 is 0 Å². The number of hydrogen-bond acceptors (Lipinski definition) is 0. The van der Waals surface area contributed by atoms with Gasteiger partial charge in [0.25, 0.3) is 0 Å². The quantitative estimate of drug-likeness (QED) is 0.120. The van der Waals surface area contributed by atoms with Crippen molar-refractivity contribution in [3.8, 4) is 66.8 Å². The van der Waals surface area contributed by atoms with E-state index in [1.54, 1.807) is 0 Å². The highest BCUT2D eigenvalue weighted by atomic mass is 14.6. The first-order valence-electron chi connectivity index (χ1n) is 24.7. The fourth-order valence-electron chi connectivity index (χ4n) is 14.7. The Morgan fingerprint density at radius 3 is 0.914 bits per heavy atom. The lowest BCUT2D eigenvalue weighted by Gasteiger charge is -2.32. The van der Waals surface area contributed by atoms with Gasteiger partial charge in [-0.2, -0.15) is 0 Å². The predicted molar refractivity (Wildman–Crippen MR) is 291 cm³/mol. The van der Waals surface area contributed by atoms with Crippen molar-refractivity contribution in [2.45, 2.75) is 10.8 Å². The van der Waals surface area contributed by atoms with Gasteiger partial charge < -0.3 is 0 Å². The molecule has 17 rings (SSSR count). The van der Waals surface area contributed by atoms with Gasteiger partial charge in [0.1, 0.15) is 0 Å². The van der Waals surface area contributed by atoms with E-state index in [0.717, 1.165) is 0 Å². The maximum absolute atomic E-state index is 2.64. The van der Waals surface area contributed by atoms with Crippen molar-refractivity contribution in [3.63, 3.8) is 0 Å². The summed E-state index contributed by atoms with van der Waals surface area (Å²) in [5.74, 6) is 0. The molecule has 0 aliphatic heterocycles. The van der Waals surface area contributed by atoms with Crippen LogP contribution in [0.5, 0.6) is 0 Å². The molecule has 70 heavy (non-hydrogen) atoms. The Morgan fingerprint density at radius 1 is 0.186 bits per heavy atom. The Balaban J connectivity index is 1.03. The highest BCUT2D eigenvalue weighted by molar-refractivity contribution is 6.36. The largest absolute Gasteiger partial charge is 0.0726 e. The van der Waals surface area contributed by atoms with Crippen LogP contribution in [0.4, 0.5) is 0 Å². The third kappa shape index (κ3) is 4.24. The normalized spacial score (nSPS) is 14.5. The van der Waals surface area contributed by atoms with Crippen molar-refractivity contribution in [1.82, 2.24) is 0 Å². The third-order valence-electron chi connectivity index (χ3n) is 17.2. The van der Waals surface area contributed by atoms with Gasteiger partial charge in [0.05, 0.1) is 10.8 Å². The van der Waals surface area contributed by atoms with Gasteiger partial charge in [-0.15, -0.1) is 0 Å². The average molecular weight is 881 g/mol. The van der Waals surface area contributed by atoms with Crippen molar-refractivity contribution >= 4 is 43.1 Å². The second-order valence-electron chi connectivity index (χ2n) is 20.1. The minimum Gasteiger partial charge on any atom is -0.0622 e. The summed E-state index contributed by atoms with van der Waals surface area (Å²) in [6.45, 7) is 0. The summed E-state index contributed by atoms with van der Waals surface area (Å²) in [4.78, 5) is 0. The van der Waals surface area contributed by atoms with E-state index in [1.165, 1.54) is 154 Å². The molecule has 0 N–H and O–H groups in total. The molecule has 0 bridgehead atoms. The summed E-state index contributed by atoms with van der Waals surface area (Å²) in [5.41, 5.74) is 25.6. The Bertz CT molecular complexity index is 4080. The zero-order chi connectivity index (χ0) is 45.5. The maximum Gasteiger partial charge on any atom is 0.0726 e. The van der Waals surface area contributed by atoms with E-state index in [4.69, 9.17) is 0 Å². The van der Waals surface area contributed by atoms with Crippen LogP contribution in [0.1, 0.15) is 44.5 Å². The molecule has 4 aliphatic rings. The number of benzene rings is 13. The van der Waals surface area contributed by atoms with Crippen LogP contribution in [-0.2, 0) is 10.8 Å². The lowest BCUT2D eigenvalue weighted by molar-refractivity contribution is 0.795. The van der Waals surface area contributed by atoms with Gasteiger partial charge in [-0.25, -0.2) is 0 Å². The van der Waals surface area contributed by atoms with Gasteiger partial charge in [-0.05, 0) is 179 Å². The summed E-state index contributed by atoms with van der Waals surface area (Å²) in [5, 5.41) is 10.6. The molecule has 0 aromatic heterocycles. The molecule has 0 saturated heterocycles. The van der Waals surface area contributed by atoms with Crippen LogP contribution in [0.3, 0.4) is 0 Å². The Labute approximate surface area is 405 Å². The van der Waals surface area contributed by atoms with E-state index >= 15 is 0 Å². The summed E-state index contributed by atoms with van der Waals surface area (Å²) in [7, 11) is 0. The second kappa shape index (κ2) is 13.0. The predicted octanol–water partition coefficient (Wildman–Crippen LogP) is 17.8. The number of hydrogen-bond donors (Lipinski definition) is 0. The maximum atomic E-state index is 2.64. The first-order valence-corrected chi connectivity index (χ1v) is 24.7. The van der Waals surface area contributed by atoms with Crippen LogP contribution in [0.15, 0.2) is 243 Å². The van der Waals surface area contributed by atoms with Gasteiger partial charge >= 0.3 is 0 Å². The van der Waals surface area contributed by atoms with Crippen LogP contribution in [0, 0.1) is 0 Å². The monoisotopic (exact) mass is 880 g/mol. The molecule has 0 amide bonds. The van der Waals surface area contributed by atoms with Crippen LogP contribution < -0.4 is 0 Å². The molecule has 0 heterocycles. The van der Waals surface area contributed by atoms with Crippen LogP contribution in [-0.4, -0.2) is 0 Å². The van der Waals surface area contributed by atoms with Crippen molar-refractivity contribution in [2.75, 3.05) is 0 Å². The van der Waals surface area contributed by atoms with Gasteiger partial charge in [0.15, 0.2) is 0 Å². The minimum atomic E-state index is -0.500. The first-order chi connectivity index (χ1) is 34.7. The Morgan fingerprint density at radius 2 is 0.529 bits per heavy atom. The zero-order valence-electron chi connectivity index (χ0n) is 38.1. The number of rotatable bonds is 2. The molecule has 0 fully saturated rings. The van der Waals surface area contributed by atoms with Crippen molar-refractivity contribution in [2.24, 2.45) is 0 Å². The lowest BCUT2D eigenvalue weighted by atomic mass is 9.69. The number of fused-ring (bicyclic) bond motifs is 24. The van der Waals surface area contributed by atoms with E-state index in [1.807, 2.05) is 0 Å². The molecule has 13 aromatic carbocycles. The molecule has 0 heteroatoms. The summed E-state index contributed by atoms with van der Waals surface area (Å²) in [6, 6.07) is 93.0. The van der Waals surface area contributed by atoms with E-state index in [-0.39, 0.29) is 0 Å². The fraction of sp³-hybridized carbons (Fsp3) is 0.0286. The standard InChI is InChI=1S/C70H40/c1-3-17-41(18-4-1)43-33-35-51-61(37-43)69(57-29-11-7-21-45(57)46-22-8-12-30-58(46)69)63-39-55-49-26-16-28-54-66(49)56(50-25-15-27-53(65(50)55)67(51)63)40-64-68(54)52-36-34-44(42-19-5-2-6-20-42)38-62(52)70(64)59-31-13-9-23-47(59)48-24-10-14-32-60(48)70/h1-40H. The van der Waals surface area contributed by atoms with Crippen LogP contribution in [0.25, 0.3) is 110 Å². The SMILES string of the molecule is c1ccc(-c2ccc3c(c2)C2(c4ccccc4-c4ccccc42)c2cc4c5cccc6c7c(cc(c8cccc(c2-3)c84)c65)C2(c3ccccc3-c3ccccc32)c2cc(-c3ccccc3)ccc2-7)cc1. The molecular formula is C70H40. The first kappa shape index (κ1) is 37.2.